The lowest BCUT2D eigenvalue weighted by molar-refractivity contribution is -0.136. The molecule has 0 spiro atoms. The molecule has 3 aromatic carbocycles. The van der Waals surface area contributed by atoms with E-state index in [-0.39, 0.29) is 12.5 Å². The van der Waals surface area contributed by atoms with Crippen molar-refractivity contribution in [3.8, 4) is 5.75 Å². The van der Waals surface area contributed by atoms with Crippen molar-refractivity contribution in [3.05, 3.63) is 87.9 Å². The van der Waals surface area contributed by atoms with Crippen LogP contribution in [-0.4, -0.2) is 30.5 Å². The van der Waals surface area contributed by atoms with Crippen LogP contribution >= 0.6 is 23.2 Å². The molecular formula is C24H20Cl2N4O4. The van der Waals surface area contributed by atoms with E-state index in [9.17, 15) is 14.4 Å². The first-order valence-corrected chi connectivity index (χ1v) is 10.7. The zero-order chi connectivity index (χ0) is 24.5. The first-order chi connectivity index (χ1) is 16.3. The topological polar surface area (TPSA) is 109 Å². The summed E-state index contributed by atoms with van der Waals surface area (Å²) < 4.78 is 5.45. The van der Waals surface area contributed by atoms with Crippen molar-refractivity contribution < 1.29 is 19.1 Å². The van der Waals surface area contributed by atoms with E-state index in [0.717, 1.165) is 5.56 Å². The number of hydrogen-bond donors (Lipinski definition) is 3. The molecule has 0 unspecified atom stereocenters. The zero-order valence-corrected chi connectivity index (χ0v) is 19.5. The predicted molar refractivity (Wildman–Crippen MR) is 133 cm³/mol. The number of anilines is 2. The average molecular weight is 499 g/mol. The Morgan fingerprint density at radius 1 is 0.912 bits per heavy atom. The number of aryl methyl sites for hydroxylation is 1. The van der Waals surface area contributed by atoms with E-state index in [1.54, 1.807) is 73.7 Å². The zero-order valence-electron chi connectivity index (χ0n) is 18.0. The number of benzene rings is 3. The number of carbonyl (C=O) groups is 3. The number of nitrogens with zero attached hydrogens (tertiary/aromatic N) is 1. The maximum absolute atomic E-state index is 12.0. The molecule has 174 valence electrons. The Labute approximate surface area is 205 Å². The summed E-state index contributed by atoms with van der Waals surface area (Å²) >= 11 is 11.8. The Morgan fingerprint density at radius 3 is 2.38 bits per heavy atom. The second-order valence-corrected chi connectivity index (χ2v) is 7.90. The summed E-state index contributed by atoms with van der Waals surface area (Å²) in [7, 11) is 0. The third-order valence-electron chi connectivity index (χ3n) is 4.39. The standard InChI is InChI=1S/C24H20Cl2N4O4/c1-15-5-8-18(26)12-21(15)29-23(32)24(33)30-27-13-16-6-9-20(10-7-16)34-14-22(31)28-19-4-2-3-17(25)11-19/h2-13H,14H2,1H3,(H,28,31)(H,29,32)(H,30,33)/b27-13-. The van der Waals surface area contributed by atoms with Gasteiger partial charge in [0.1, 0.15) is 5.75 Å². The van der Waals surface area contributed by atoms with E-state index in [2.05, 4.69) is 21.2 Å². The van der Waals surface area contributed by atoms with Crippen LogP contribution in [0.5, 0.6) is 5.75 Å². The van der Waals surface area contributed by atoms with Crippen LogP contribution in [-0.2, 0) is 14.4 Å². The molecule has 0 radical (unpaired) electrons. The molecule has 0 saturated carbocycles. The van der Waals surface area contributed by atoms with Gasteiger partial charge < -0.3 is 15.4 Å². The summed E-state index contributed by atoms with van der Waals surface area (Å²) in [5.41, 5.74) is 4.58. The molecule has 0 aromatic heterocycles. The molecule has 0 aliphatic rings. The van der Waals surface area contributed by atoms with Gasteiger partial charge in [-0.1, -0.05) is 35.3 Å². The third-order valence-corrected chi connectivity index (χ3v) is 4.86. The van der Waals surface area contributed by atoms with Crippen LogP contribution in [0.4, 0.5) is 11.4 Å². The van der Waals surface area contributed by atoms with Crippen LogP contribution in [0.15, 0.2) is 71.8 Å². The lowest BCUT2D eigenvalue weighted by Crippen LogP contribution is -2.32. The molecule has 0 saturated heterocycles. The van der Waals surface area contributed by atoms with E-state index < -0.39 is 11.8 Å². The highest BCUT2D eigenvalue weighted by atomic mass is 35.5. The summed E-state index contributed by atoms with van der Waals surface area (Å²) in [5, 5.41) is 9.90. The molecule has 0 heterocycles. The number of halogens is 2. The molecular weight excluding hydrogens is 479 g/mol. The van der Waals surface area contributed by atoms with Gasteiger partial charge in [0, 0.05) is 21.4 Å². The number of amides is 3. The van der Waals surface area contributed by atoms with Crippen molar-refractivity contribution >= 4 is 58.5 Å². The minimum absolute atomic E-state index is 0.183. The fourth-order valence-electron chi connectivity index (χ4n) is 2.69. The van der Waals surface area contributed by atoms with Gasteiger partial charge in [0.2, 0.25) is 0 Å². The van der Waals surface area contributed by atoms with Crippen molar-refractivity contribution in [1.82, 2.24) is 5.43 Å². The first kappa shape index (κ1) is 24.8. The second-order valence-electron chi connectivity index (χ2n) is 7.03. The normalized spacial score (nSPS) is 10.6. The summed E-state index contributed by atoms with van der Waals surface area (Å²) in [6.45, 7) is 1.60. The number of rotatable bonds is 7. The molecule has 0 fully saturated rings. The van der Waals surface area contributed by atoms with E-state index in [4.69, 9.17) is 27.9 Å². The van der Waals surface area contributed by atoms with Crippen molar-refractivity contribution in [2.24, 2.45) is 5.10 Å². The average Bonchev–Trinajstić information content (AvgIpc) is 2.81. The molecule has 0 atom stereocenters. The SMILES string of the molecule is Cc1ccc(Cl)cc1NC(=O)C(=O)N/N=C\c1ccc(OCC(=O)Nc2cccc(Cl)c2)cc1. The van der Waals surface area contributed by atoms with Gasteiger partial charge in [0.15, 0.2) is 6.61 Å². The lowest BCUT2D eigenvalue weighted by Gasteiger charge is -2.08. The number of nitrogens with one attached hydrogen (secondary N) is 3. The molecule has 0 bridgehead atoms. The van der Waals surface area contributed by atoms with Crippen molar-refractivity contribution in [1.29, 1.82) is 0 Å². The Kier molecular flexibility index (Phi) is 8.61. The van der Waals surface area contributed by atoms with Gasteiger partial charge >= 0.3 is 11.8 Å². The van der Waals surface area contributed by atoms with E-state index in [0.29, 0.717) is 32.7 Å². The van der Waals surface area contributed by atoms with Gasteiger partial charge in [-0.05, 0) is 72.6 Å². The number of hydrazone groups is 1. The highest BCUT2D eigenvalue weighted by molar-refractivity contribution is 6.40. The number of hydrogen-bond acceptors (Lipinski definition) is 5. The van der Waals surface area contributed by atoms with Gasteiger partial charge in [-0.15, -0.1) is 0 Å². The van der Waals surface area contributed by atoms with Crippen LogP contribution in [0.25, 0.3) is 0 Å². The number of carbonyl (C=O) groups excluding carboxylic acids is 3. The molecule has 0 aliphatic heterocycles. The molecule has 8 nitrogen and oxygen atoms in total. The third kappa shape index (κ3) is 7.61. The van der Waals surface area contributed by atoms with Crippen LogP contribution in [0.1, 0.15) is 11.1 Å². The lowest BCUT2D eigenvalue weighted by atomic mass is 10.2. The molecule has 10 heteroatoms. The Bertz CT molecular complexity index is 1230. The van der Waals surface area contributed by atoms with Crippen molar-refractivity contribution in [2.75, 3.05) is 17.2 Å². The Morgan fingerprint density at radius 2 is 1.65 bits per heavy atom. The highest BCUT2D eigenvalue weighted by Gasteiger charge is 2.14. The smallest absolute Gasteiger partial charge is 0.329 e. The predicted octanol–water partition coefficient (Wildman–Crippen LogP) is 4.41. The van der Waals surface area contributed by atoms with Gasteiger partial charge in [0.05, 0.1) is 6.21 Å². The van der Waals surface area contributed by atoms with Gasteiger partial charge in [-0.2, -0.15) is 5.10 Å². The fourth-order valence-corrected chi connectivity index (χ4v) is 3.05. The van der Waals surface area contributed by atoms with Crippen LogP contribution < -0.4 is 20.8 Å². The fraction of sp³-hybridized carbons (Fsp3) is 0.0833. The number of ether oxygens (including phenoxy) is 1. The van der Waals surface area contributed by atoms with E-state index >= 15 is 0 Å². The minimum atomic E-state index is -0.929. The Balaban J connectivity index is 1.45. The summed E-state index contributed by atoms with van der Waals surface area (Å²) in [6.07, 6.45) is 1.37. The summed E-state index contributed by atoms with van der Waals surface area (Å²) in [4.78, 5) is 36.0. The minimum Gasteiger partial charge on any atom is -0.484 e. The molecule has 3 rings (SSSR count). The molecule has 0 aliphatic carbocycles. The van der Waals surface area contributed by atoms with Gasteiger partial charge in [-0.25, -0.2) is 5.43 Å². The first-order valence-electron chi connectivity index (χ1n) is 9.99. The highest BCUT2D eigenvalue weighted by Crippen LogP contribution is 2.20. The van der Waals surface area contributed by atoms with E-state index in [1.165, 1.54) is 6.21 Å². The Hall–Kier alpha value is -3.88. The van der Waals surface area contributed by atoms with Crippen molar-refractivity contribution in [3.63, 3.8) is 0 Å². The second kappa shape index (κ2) is 11.8. The van der Waals surface area contributed by atoms with E-state index in [1.807, 2.05) is 0 Å². The van der Waals surface area contributed by atoms with Crippen LogP contribution in [0.3, 0.4) is 0 Å². The quantitative estimate of drug-likeness (QED) is 0.254. The monoisotopic (exact) mass is 498 g/mol. The summed E-state index contributed by atoms with van der Waals surface area (Å²) in [6, 6.07) is 18.4. The maximum atomic E-state index is 12.0. The van der Waals surface area contributed by atoms with Gasteiger partial charge in [-0.3, -0.25) is 14.4 Å². The molecule has 3 N–H and O–H groups in total. The molecule has 3 aromatic rings. The van der Waals surface area contributed by atoms with Crippen LogP contribution in [0.2, 0.25) is 10.0 Å². The maximum Gasteiger partial charge on any atom is 0.329 e. The largest absolute Gasteiger partial charge is 0.484 e. The van der Waals surface area contributed by atoms with Crippen molar-refractivity contribution in [2.45, 2.75) is 6.92 Å². The van der Waals surface area contributed by atoms with Gasteiger partial charge in [0.25, 0.3) is 5.91 Å². The van der Waals surface area contributed by atoms with Crippen LogP contribution in [0, 0.1) is 6.92 Å². The summed E-state index contributed by atoms with van der Waals surface area (Å²) in [5.74, 6) is -1.66. The molecule has 34 heavy (non-hydrogen) atoms. The molecule has 3 amide bonds.